The molecule has 8 nitrogen and oxygen atoms in total. The summed E-state index contributed by atoms with van der Waals surface area (Å²) in [5.74, 6) is 0. The summed E-state index contributed by atoms with van der Waals surface area (Å²) >= 11 is 0. The maximum absolute atomic E-state index is 6.10. The van der Waals surface area contributed by atoms with Crippen molar-refractivity contribution in [3.8, 4) is 17.1 Å². The molecule has 54 heavy (non-hydrogen) atoms. The van der Waals surface area contributed by atoms with Gasteiger partial charge in [0.25, 0.3) is 0 Å². The molecule has 4 aromatic carbocycles. The summed E-state index contributed by atoms with van der Waals surface area (Å²) in [6, 6.07) is 44.4. The smallest absolute Gasteiger partial charge is 0.153 e. The molecule has 0 aliphatic heterocycles. The second kappa shape index (κ2) is 11.6. The number of nitrogens with zero attached hydrogens (tertiary/aromatic N) is 7. The maximum atomic E-state index is 6.10. The molecular weight excluding hydrogens is 667 g/mol. The van der Waals surface area contributed by atoms with Gasteiger partial charge in [-0.2, -0.15) is 0 Å². The Morgan fingerprint density at radius 1 is 0.352 bits per heavy atom. The topological polar surface area (TPSA) is 79.5 Å². The van der Waals surface area contributed by atoms with Crippen LogP contribution >= 0.6 is 0 Å². The van der Waals surface area contributed by atoms with E-state index in [1.807, 2.05) is 75.0 Å². The van der Waals surface area contributed by atoms with E-state index in [1.165, 1.54) is 0 Å². The fourth-order valence-corrected chi connectivity index (χ4v) is 8.27. The molecule has 8 heteroatoms. The molecule has 0 bridgehead atoms. The van der Waals surface area contributed by atoms with Crippen molar-refractivity contribution in [2.24, 2.45) is 0 Å². The van der Waals surface area contributed by atoms with Gasteiger partial charge in [-0.05, 0) is 109 Å². The zero-order chi connectivity index (χ0) is 35.9. The Morgan fingerprint density at radius 2 is 0.778 bits per heavy atom. The Labute approximate surface area is 308 Å². The fraction of sp³-hybridized carbons (Fsp3) is 0.0435. The van der Waals surface area contributed by atoms with Crippen molar-refractivity contribution in [2.75, 3.05) is 0 Å². The van der Waals surface area contributed by atoms with Crippen molar-refractivity contribution in [2.45, 2.75) is 13.8 Å². The summed E-state index contributed by atoms with van der Waals surface area (Å²) in [6.45, 7) is 4.00. The first-order valence-electron chi connectivity index (χ1n) is 18.2. The van der Waals surface area contributed by atoms with Crippen LogP contribution in [0.2, 0.25) is 0 Å². The number of benzene rings is 4. The van der Waals surface area contributed by atoms with E-state index in [4.69, 9.17) is 19.4 Å². The van der Waals surface area contributed by atoms with E-state index in [2.05, 4.69) is 110 Å². The number of rotatable bonds is 3. The van der Waals surface area contributed by atoms with Gasteiger partial charge in [-0.15, -0.1) is 0 Å². The molecule has 0 radical (unpaired) electrons. The summed E-state index contributed by atoms with van der Waals surface area (Å²) in [4.78, 5) is 19.2. The van der Waals surface area contributed by atoms with Crippen molar-refractivity contribution in [1.29, 1.82) is 0 Å². The lowest BCUT2D eigenvalue weighted by atomic mass is 10.2. The summed E-state index contributed by atoms with van der Waals surface area (Å²) in [5, 5.41) is 4.27. The molecule has 12 aromatic rings. The third-order valence-electron chi connectivity index (χ3n) is 10.4. The predicted molar refractivity (Wildman–Crippen MR) is 219 cm³/mol. The van der Waals surface area contributed by atoms with Gasteiger partial charge in [-0.25, -0.2) is 0 Å². The van der Waals surface area contributed by atoms with Gasteiger partial charge in [-0.1, -0.05) is 32.0 Å². The Hall–Kier alpha value is -7.32. The highest BCUT2D eigenvalue weighted by Crippen LogP contribution is 2.39. The van der Waals surface area contributed by atoms with Gasteiger partial charge in [0.15, 0.2) is 5.58 Å². The van der Waals surface area contributed by atoms with Crippen molar-refractivity contribution in [1.82, 2.24) is 33.6 Å². The molecule has 0 aliphatic carbocycles. The molecule has 0 spiro atoms. The monoisotopic (exact) mass is 697 g/mol. The lowest BCUT2D eigenvalue weighted by Gasteiger charge is -2.11. The van der Waals surface area contributed by atoms with Crippen LogP contribution in [0.4, 0.5) is 0 Å². The summed E-state index contributed by atoms with van der Waals surface area (Å²) in [7, 11) is 0. The van der Waals surface area contributed by atoms with Gasteiger partial charge in [0.1, 0.15) is 11.1 Å². The van der Waals surface area contributed by atoms with Gasteiger partial charge < -0.3 is 18.1 Å². The van der Waals surface area contributed by atoms with E-state index < -0.39 is 0 Å². The zero-order valence-corrected chi connectivity index (χ0v) is 29.5. The molecular formula is C46H31N7O. The molecule has 8 heterocycles. The number of para-hydroxylation sites is 1. The second-order valence-electron chi connectivity index (χ2n) is 13.2. The highest BCUT2D eigenvalue weighted by molar-refractivity contribution is 6.12. The fourth-order valence-electron chi connectivity index (χ4n) is 8.27. The Balaban J connectivity index is 0.00000168. The van der Waals surface area contributed by atoms with Crippen molar-refractivity contribution < 1.29 is 4.42 Å². The van der Waals surface area contributed by atoms with Crippen molar-refractivity contribution in [3.63, 3.8) is 0 Å². The van der Waals surface area contributed by atoms with Crippen LogP contribution in [0.5, 0.6) is 0 Å². The lowest BCUT2D eigenvalue weighted by molar-refractivity contribution is 0.668. The van der Waals surface area contributed by atoms with Crippen molar-refractivity contribution >= 4 is 87.9 Å². The molecule has 12 rings (SSSR count). The van der Waals surface area contributed by atoms with Gasteiger partial charge in [0, 0.05) is 63.4 Å². The normalized spacial score (nSPS) is 11.9. The second-order valence-corrected chi connectivity index (χ2v) is 13.2. The minimum Gasteiger partial charge on any atom is -0.454 e. The average Bonchev–Trinajstić information content (AvgIpc) is 3.97. The molecule has 0 saturated heterocycles. The van der Waals surface area contributed by atoms with E-state index in [0.29, 0.717) is 0 Å². The minimum atomic E-state index is 0.781. The summed E-state index contributed by atoms with van der Waals surface area (Å²) < 4.78 is 13.0. The standard InChI is InChI=1S/C44H25N7O.C2H6/c1-2-8-33-29(7-1)41-36(9-3-19-45-41)49(33)26-13-16-34-30(23-26)42-37(10-4-20-46-42)50(34)27-14-17-35-31(24-27)43-38(11-5-21-47-43)51(35)28-15-18-39-32(25-28)44-40(52-39)12-6-22-48-44;1-2/h1-25H;1-2H3. The largest absolute Gasteiger partial charge is 0.454 e. The van der Waals surface area contributed by atoms with Crippen LogP contribution in [0.1, 0.15) is 13.8 Å². The lowest BCUT2D eigenvalue weighted by Crippen LogP contribution is -1.97. The SMILES string of the molecule is CC.c1cnc2c(c1)oc1ccc(-n3c4ccc(-n5c6ccc(-n7c8ccccc8c8ncccc87)cc6c6ncccc65)cc4c4ncccc43)cc12. The minimum absolute atomic E-state index is 0.781. The van der Waals surface area contributed by atoms with E-state index in [1.54, 1.807) is 0 Å². The van der Waals surface area contributed by atoms with Crippen molar-refractivity contribution in [3.05, 3.63) is 152 Å². The number of hydrogen-bond acceptors (Lipinski definition) is 5. The molecule has 0 aliphatic rings. The first-order valence-corrected chi connectivity index (χ1v) is 18.2. The van der Waals surface area contributed by atoms with Crippen LogP contribution < -0.4 is 0 Å². The number of hydrogen-bond donors (Lipinski definition) is 0. The number of aromatic nitrogens is 7. The molecule has 0 fully saturated rings. The molecule has 256 valence electrons. The van der Waals surface area contributed by atoms with E-state index in [-0.39, 0.29) is 0 Å². The quantitative estimate of drug-likeness (QED) is 0.184. The molecule has 8 aromatic heterocycles. The Kier molecular flexibility index (Phi) is 6.51. The van der Waals surface area contributed by atoms with Crippen LogP contribution in [0.15, 0.2) is 157 Å². The summed E-state index contributed by atoms with van der Waals surface area (Å²) in [6.07, 6.45) is 7.41. The number of furan rings is 1. The van der Waals surface area contributed by atoms with Crippen LogP contribution in [0.25, 0.3) is 105 Å². The molecule has 0 unspecified atom stereocenters. The van der Waals surface area contributed by atoms with E-state index in [0.717, 1.165) is 105 Å². The summed E-state index contributed by atoms with van der Waals surface area (Å²) in [5.41, 5.74) is 14.9. The third kappa shape index (κ3) is 4.19. The first-order chi connectivity index (χ1) is 26.8. The van der Waals surface area contributed by atoms with Crippen LogP contribution in [-0.2, 0) is 0 Å². The highest BCUT2D eigenvalue weighted by atomic mass is 16.3. The van der Waals surface area contributed by atoms with Gasteiger partial charge >= 0.3 is 0 Å². The number of fused-ring (bicyclic) bond motifs is 12. The van der Waals surface area contributed by atoms with E-state index >= 15 is 0 Å². The Morgan fingerprint density at radius 3 is 1.35 bits per heavy atom. The van der Waals surface area contributed by atoms with Crippen LogP contribution in [0.3, 0.4) is 0 Å². The molecule has 0 saturated carbocycles. The molecule has 0 amide bonds. The maximum Gasteiger partial charge on any atom is 0.153 e. The van der Waals surface area contributed by atoms with Crippen LogP contribution in [-0.4, -0.2) is 33.6 Å². The third-order valence-corrected chi connectivity index (χ3v) is 10.4. The van der Waals surface area contributed by atoms with Gasteiger partial charge in [0.2, 0.25) is 0 Å². The van der Waals surface area contributed by atoms with Gasteiger partial charge in [-0.3, -0.25) is 19.9 Å². The highest BCUT2D eigenvalue weighted by Gasteiger charge is 2.20. The molecule has 0 atom stereocenters. The average molecular weight is 698 g/mol. The number of pyridine rings is 4. The van der Waals surface area contributed by atoms with Gasteiger partial charge in [0.05, 0.1) is 49.7 Å². The van der Waals surface area contributed by atoms with Crippen LogP contribution in [0, 0.1) is 0 Å². The van der Waals surface area contributed by atoms with E-state index in [9.17, 15) is 0 Å². The molecule has 0 N–H and O–H groups in total. The first kappa shape index (κ1) is 30.3. The predicted octanol–water partition coefficient (Wildman–Crippen LogP) is 11.5. The Bertz CT molecular complexity index is 3380. The zero-order valence-electron chi connectivity index (χ0n) is 29.5.